The van der Waals surface area contributed by atoms with Gasteiger partial charge < -0.3 is 15.5 Å². The number of hydrogen-bond donors (Lipinski definition) is 3. The molecule has 0 aromatic carbocycles. The van der Waals surface area contributed by atoms with Crippen LogP contribution in [0, 0.1) is 0 Å². The van der Waals surface area contributed by atoms with Crippen LogP contribution in [0.2, 0.25) is 0 Å². The molecule has 0 saturated heterocycles. The second kappa shape index (κ2) is 49.2. The van der Waals surface area contributed by atoms with E-state index in [2.05, 4.69) is 31.3 Å². The molecule has 0 heterocycles. The summed E-state index contributed by atoms with van der Waals surface area (Å²) in [5.41, 5.74) is 0. The van der Waals surface area contributed by atoms with Crippen LogP contribution in [0.5, 0.6) is 0 Å². The standard InChI is InChI=1S/C53H103NO3/c1-3-5-7-9-11-13-15-17-18-19-20-21-22-23-24-25-26-27-28-29-30-31-32-33-34-35-36-37-39-41-43-45-47-49-53(57)54-51(50-55)52(56)48-46-44-42-40-38-16-14-12-10-8-6-4-2/h38,40,46,48,51-52,55-56H,3-37,39,41-45,47,49-50H2,1-2H3,(H,54,57)/b40-38+,48-46+. The van der Waals surface area contributed by atoms with E-state index in [9.17, 15) is 15.0 Å². The summed E-state index contributed by atoms with van der Waals surface area (Å²) >= 11 is 0. The number of carbonyl (C=O) groups is 1. The van der Waals surface area contributed by atoms with Crippen molar-refractivity contribution in [3.05, 3.63) is 24.3 Å². The number of allylic oxidation sites excluding steroid dienone is 3. The SMILES string of the molecule is CCCCCCCC/C=C/CC/C=C/C(O)C(CO)NC(=O)CCCCCCCCCCCCCCCCCCCCCCCCCCCCCCCCCCC. The lowest BCUT2D eigenvalue weighted by atomic mass is 10.0. The van der Waals surface area contributed by atoms with Crippen LogP contribution in [0.4, 0.5) is 0 Å². The van der Waals surface area contributed by atoms with Crippen molar-refractivity contribution >= 4 is 5.91 Å². The van der Waals surface area contributed by atoms with Crippen molar-refractivity contribution in [2.75, 3.05) is 6.61 Å². The predicted molar refractivity (Wildman–Crippen MR) is 253 cm³/mol. The summed E-state index contributed by atoms with van der Waals surface area (Å²) in [6.45, 7) is 4.30. The third-order valence-corrected chi connectivity index (χ3v) is 12.2. The molecule has 0 fully saturated rings. The van der Waals surface area contributed by atoms with Gasteiger partial charge in [-0.05, 0) is 32.1 Å². The Bertz CT molecular complexity index is 825. The van der Waals surface area contributed by atoms with Crippen molar-refractivity contribution in [3.8, 4) is 0 Å². The number of amides is 1. The largest absolute Gasteiger partial charge is 0.394 e. The fourth-order valence-electron chi connectivity index (χ4n) is 8.20. The molecule has 0 spiro atoms. The highest BCUT2D eigenvalue weighted by atomic mass is 16.3. The zero-order chi connectivity index (χ0) is 41.4. The molecule has 0 aliphatic carbocycles. The molecule has 4 heteroatoms. The zero-order valence-electron chi connectivity index (χ0n) is 38.9. The average molecular weight is 802 g/mol. The molecule has 0 bridgehead atoms. The first-order chi connectivity index (χ1) is 28.2. The zero-order valence-corrected chi connectivity index (χ0v) is 38.9. The Balaban J connectivity index is 3.39. The highest BCUT2D eigenvalue weighted by Crippen LogP contribution is 2.17. The molecule has 0 aromatic heterocycles. The molecule has 0 aromatic rings. The Kier molecular flexibility index (Phi) is 48.3. The highest BCUT2D eigenvalue weighted by Gasteiger charge is 2.17. The molecule has 0 aliphatic rings. The van der Waals surface area contributed by atoms with Gasteiger partial charge in [0.2, 0.25) is 5.91 Å². The Labute approximate surface area is 358 Å². The van der Waals surface area contributed by atoms with E-state index in [0.29, 0.717) is 6.42 Å². The van der Waals surface area contributed by atoms with Crippen LogP contribution in [0.1, 0.15) is 290 Å². The van der Waals surface area contributed by atoms with Crippen molar-refractivity contribution < 1.29 is 15.0 Å². The van der Waals surface area contributed by atoms with E-state index >= 15 is 0 Å². The molecule has 0 saturated carbocycles. The van der Waals surface area contributed by atoms with Crippen LogP contribution in [-0.4, -0.2) is 34.9 Å². The quantitative estimate of drug-likeness (QED) is 0.0424. The van der Waals surface area contributed by atoms with Crippen LogP contribution < -0.4 is 5.32 Å². The second-order valence-electron chi connectivity index (χ2n) is 17.9. The van der Waals surface area contributed by atoms with Crippen LogP contribution in [0.15, 0.2) is 24.3 Å². The third kappa shape index (κ3) is 45.8. The molecule has 1 amide bonds. The molecular weight excluding hydrogens is 699 g/mol. The maximum absolute atomic E-state index is 12.4. The first-order valence-electron chi connectivity index (χ1n) is 26.1. The van der Waals surface area contributed by atoms with Crippen LogP contribution in [-0.2, 0) is 4.79 Å². The molecular formula is C53H103NO3. The minimum atomic E-state index is -0.857. The number of aliphatic hydroxyl groups is 2. The summed E-state index contributed by atoms with van der Waals surface area (Å²) in [6, 6.07) is -0.634. The fourth-order valence-corrected chi connectivity index (χ4v) is 8.20. The molecule has 4 nitrogen and oxygen atoms in total. The summed E-state index contributed by atoms with van der Waals surface area (Å²) < 4.78 is 0. The maximum Gasteiger partial charge on any atom is 0.220 e. The van der Waals surface area contributed by atoms with Crippen molar-refractivity contribution in [1.82, 2.24) is 5.32 Å². The van der Waals surface area contributed by atoms with E-state index in [0.717, 1.165) is 32.1 Å². The second-order valence-corrected chi connectivity index (χ2v) is 17.9. The fraction of sp³-hybridized carbons (Fsp3) is 0.906. The third-order valence-electron chi connectivity index (χ3n) is 12.2. The Morgan fingerprint density at radius 1 is 0.404 bits per heavy atom. The molecule has 0 rings (SSSR count). The number of hydrogen-bond acceptors (Lipinski definition) is 3. The predicted octanol–water partition coefficient (Wildman–Crippen LogP) is 16.8. The molecule has 57 heavy (non-hydrogen) atoms. The number of aliphatic hydroxyl groups excluding tert-OH is 2. The van der Waals surface area contributed by atoms with Gasteiger partial charge in [-0.25, -0.2) is 0 Å². The van der Waals surface area contributed by atoms with Gasteiger partial charge in [-0.1, -0.05) is 276 Å². The van der Waals surface area contributed by atoms with E-state index < -0.39 is 12.1 Å². The Hall–Kier alpha value is -1.13. The first kappa shape index (κ1) is 55.9. The van der Waals surface area contributed by atoms with E-state index in [4.69, 9.17) is 0 Å². The van der Waals surface area contributed by atoms with Gasteiger partial charge in [0.25, 0.3) is 0 Å². The van der Waals surface area contributed by atoms with Crippen molar-refractivity contribution in [2.45, 2.75) is 302 Å². The van der Waals surface area contributed by atoms with Crippen LogP contribution in [0.3, 0.4) is 0 Å². The van der Waals surface area contributed by atoms with Crippen molar-refractivity contribution in [3.63, 3.8) is 0 Å². The van der Waals surface area contributed by atoms with Gasteiger partial charge in [0.15, 0.2) is 0 Å². The average Bonchev–Trinajstić information content (AvgIpc) is 3.22. The first-order valence-corrected chi connectivity index (χ1v) is 26.1. The summed E-state index contributed by atoms with van der Waals surface area (Å²) in [7, 11) is 0. The monoisotopic (exact) mass is 802 g/mol. The number of unbranched alkanes of at least 4 members (excludes halogenated alkanes) is 39. The van der Waals surface area contributed by atoms with Gasteiger partial charge >= 0.3 is 0 Å². The summed E-state index contributed by atoms with van der Waals surface area (Å²) in [4.78, 5) is 12.4. The maximum atomic E-state index is 12.4. The number of rotatable bonds is 48. The van der Waals surface area contributed by atoms with E-state index in [1.54, 1.807) is 6.08 Å². The molecule has 3 N–H and O–H groups in total. The highest BCUT2D eigenvalue weighted by molar-refractivity contribution is 5.76. The Morgan fingerprint density at radius 2 is 0.684 bits per heavy atom. The van der Waals surface area contributed by atoms with E-state index in [1.807, 2.05) is 6.08 Å². The van der Waals surface area contributed by atoms with Gasteiger partial charge in [-0.3, -0.25) is 4.79 Å². The van der Waals surface area contributed by atoms with Gasteiger partial charge in [0, 0.05) is 6.42 Å². The lowest BCUT2D eigenvalue weighted by Crippen LogP contribution is -2.45. The van der Waals surface area contributed by atoms with E-state index in [1.165, 1.54) is 238 Å². The molecule has 0 aliphatic heterocycles. The van der Waals surface area contributed by atoms with Crippen LogP contribution >= 0.6 is 0 Å². The van der Waals surface area contributed by atoms with Gasteiger partial charge in [0.05, 0.1) is 18.8 Å². The lowest BCUT2D eigenvalue weighted by Gasteiger charge is -2.19. The normalized spacial score (nSPS) is 13.0. The van der Waals surface area contributed by atoms with Gasteiger partial charge in [-0.15, -0.1) is 0 Å². The molecule has 338 valence electrons. The van der Waals surface area contributed by atoms with Crippen molar-refractivity contribution in [2.24, 2.45) is 0 Å². The lowest BCUT2D eigenvalue weighted by molar-refractivity contribution is -0.123. The van der Waals surface area contributed by atoms with Gasteiger partial charge in [0.1, 0.15) is 0 Å². The molecule has 2 unspecified atom stereocenters. The van der Waals surface area contributed by atoms with Gasteiger partial charge in [-0.2, -0.15) is 0 Å². The Morgan fingerprint density at radius 3 is 1.02 bits per heavy atom. The molecule has 2 atom stereocenters. The summed E-state index contributed by atoms with van der Waals surface area (Å²) in [6.07, 6.45) is 64.9. The van der Waals surface area contributed by atoms with E-state index in [-0.39, 0.29) is 12.5 Å². The number of carbonyl (C=O) groups excluding carboxylic acids is 1. The smallest absolute Gasteiger partial charge is 0.220 e. The molecule has 0 radical (unpaired) electrons. The van der Waals surface area contributed by atoms with Crippen molar-refractivity contribution in [1.29, 1.82) is 0 Å². The summed E-state index contributed by atoms with van der Waals surface area (Å²) in [5, 5.41) is 23.0. The van der Waals surface area contributed by atoms with Crippen LogP contribution in [0.25, 0.3) is 0 Å². The number of nitrogens with one attached hydrogen (secondary N) is 1. The minimum Gasteiger partial charge on any atom is -0.394 e. The topological polar surface area (TPSA) is 69.6 Å². The minimum absolute atomic E-state index is 0.0696. The summed E-state index contributed by atoms with van der Waals surface area (Å²) in [5.74, 6) is -0.0696.